The molecule has 4 aromatic rings. The largest absolute Gasteiger partial charge is 0.423 e. The van der Waals surface area contributed by atoms with Gasteiger partial charge in [-0.2, -0.15) is 18.3 Å². The summed E-state index contributed by atoms with van der Waals surface area (Å²) in [5.41, 5.74) is -4.99. The number of anilines is 1. The number of halogens is 6. The molecule has 16 heteroatoms. The first kappa shape index (κ1) is 24.7. The van der Waals surface area contributed by atoms with Crippen molar-refractivity contribution in [3.63, 3.8) is 0 Å². The highest BCUT2D eigenvalue weighted by Crippen LogP contribution is 2.32. The predicted molar refractivity (Wildman–Crippen MR) is 130 cm³/mol. The van der Waals surface area contributed by atoms with Crippen LogP contribution in [0.2, 0.25) is 0 Å². The van der Waals surface area contributed by atoms with Gasteiger partial charge in [-0.15, -0.1) is 0 Å². The molecule has 0 aliphatic rings. The van der Waals surface area contributed by atoms with E-state index < -0.39 is 66.0 Å². The summed E-state index contributed by atoms with van der Waals surface area (Å²) in [5.74, 6) is -1.11. The van der Waals surface area contributed by atoms with Gasteiger partial charge >= 0.3 is 6.18 Å². The normalized spacial score (nSPS) is 14.1. The van der Waals surface area contributed by atoms with Crippen LogP contribution in [0.15, 0.2) is 46.6 Å². The summed E-state index contributed by atoms with van der Waals surface area (Å²) in [4.78, 5) is 36.4. The number of rotatable bonds is 10. The smallest absolute Gasteiger partial charge is 0.383 e. The van der Waals surface area contributed by atoms with Crippen molar-refractivity contribution in [1.82, 2.24) is 29.7 Å². The molecule has 1 aromatic carbocycles. The second-order valence-electron chi connectivity index (χ2n) is 8.51. The molecular weight excluding hydrogens is 548 g/mol. The summed E-state index contributed by atoms with van der Waals surface area (Å²) < 4.78 is 108. The number of methoxy groups -OCH3 is 1. The van der Waals surface area contributed by atoms with E-state index in [0.29, 0.717) is 0 Å². The first-order chi connectivity index (χ1) is 20.1. The van der Waals surface area contributed by atoms with Crippen molar-refractivity contribution < 1.29 is 35.2 Å². The highest BCUT2D eigenvalue weighted by Gasteiger charge is 2.37. The van der Waals surface area contributed by atoms with Crippen LogP contribution in [0, 0.1) is 5.82 Å². The van der Waals surface area contributed by atoms with Gasteiger partial charge in [0, 0.05) is 32.0 Å². The molecule has 212 valence electrons. The summed E-state index contributed by atoms with van der Waals surface area (Å²) in [6.07, 6.45) is -4.24. The van der Waals surface area contributed by atoms with Crippen molar-refractivity contribution in [1.29, 1.82) is 0 Å². The first-order valence-corrected chi connectivity index (χ1v) is 11.5. The number of nitrogens with zero attached hydrogens (tertiary/aromatic N) is 5. The van der Waals surface area contributed by atoms with Crippen molar-refractivity contribution >= 4 is 16.6 Å². The molecule has 3 heterocycles. The van der Waals surface area contributed by atoms with E-state index in [2.05, 4.69) is 25.4 Å². The lowest BCUT2D eigenvalue weighted by atomic mass is 10.1. The van der Waals surface area contributed by atoms with Crippen LogP contribution in [-0.2, 0) is 17.5 Å². The Kier molecular flexibility index (Phi) is 7.29. The molecule has 2 N–H and O–H groups in total. The molecule has 0 aliphatic heterocycles. The maximum absolute atomic E-state index is 14.9. The SMILES string of the molecule is [2H]C([2H])([2H])OCC(CCCn1cnc2cc(-c3ncc(C(F)F)cn3)c(F)cc2c1=O)Nc1cn[nH]c(=O)c1C(F)(F)F. The number of aromatic nitrogens is 6. The Morgan fingerprint density at radius 1 is 1.15 bits per heavy atom. The van der Waals surface area contributed by atoms with Gasteiger partial charge in [0.25, 0.3) is 17.5 Å². The number of aromatic amines is 1. The average Bonchev–Trinajstić information content (AvgIpc) is 2.92. The molecule has 40 heavy (non-hydrogen) atoms. The fraction of sp³-hybridized carbons (Fsp3) is 0.333. The van der Waals surface area contributed by atoms with E-state index in [4.69, 9.17) is 8.85 Å². The molecule has 0 saturated carbocycles. The summed E-state index contributed by atoms with van der Waals surface area (Å²) >= 11 is 0. The Hall–Kier alpha value is -4.34. The standard InChI is InChI=1S/C24H21F6N7O3/c1-40-10-13(35-18-9-34-36-22(38)19(18)24(28,29)30)3-2-4-37-11-33-17-6-14(16(25)5-15(17)23(37)39)21-31-7-12(8-32-21)20(26)27/h5-9,11,13,20H,2-4,10H2,1H3,(H2,35,36,38)/i1D3. The zero-order valence-corrected chi connectivity index (χ0v) is 20.2. The quantitative estimate of drug-likeness (QED) is 0.274. The van der Waals surface area contributed by atoms with Gasteiger partial charge in [0.2, 0.25) is 0 Å². The second-order valence-corrected chi connectivity index (χ2v) is 8.51. The first-order valence-electron chi connectivity index (χ1n) is 13.0. The Labute approximate surface area is 225 Å². The van der Waals surface area contributed by atoms with Crippen LogP contribution in [0.4, 0.5) is 32.0 Å². The molecule has 1 unspecified atom stereocenters. The minimum Gasteiger partial charge on any atom is -0.383 e. The number of nitrogens with one attached hydrogen (secondary N) is 2. The van der Waals surface area contributed by atoms with E-state index in [9.17, 15) is 35.9 Å². The number of ether oxygens (including phenoxy) is 1. The van der Waals surface area contributed by atoms with Crippen molar-refractivity contribution in [3.05, 3.63) is 74.7 Å². The topological polar surface area (TPSA) is 128 Å². The van der Waals surface area contributed by atoms with Crippen LogP contribution >= 0.6 is 0 Å². The molecule has 0 spiro atoms. The third-order valence-electron chi connectivity index (χ3n) is 5.81. The summed E-state index contributed by atoms with van der Waals surface area (Å²) in [6, 6.07) is 1.02. The van der Waals surface area contributed by atoms with Gasteiger partial charge in [0.05, 0.1) is 51.0 Å². The van der Waals surface area contributed by atoms with Crippen molar-refractivity contribution in [2.45, 2.75) is 38.0 Å². The van der Waals surface area contributed by atoms with Gasteiger partial charge in [-0.1, -0.05) is 0 Å². The van der Waals surface area contributed by atoms with Crippen molar-refractivity contribution in [3.8, 4) is 11.4 Å². The number of fused-ring (bicyclic) bond motifs is 1. The van der Waals surface area contributed by atoms with Crippen LogP contribution in [0.5, 0.6) is 0 Å². The van der Waals surface area contributed by atoms with Gasteiger partial charge in [-0.05, 0) is 25.0 Å². The molecule has 4 rings (SSSR count). The molecule has 0 fully saturated rings. The van der Waals surface area contributed by atoms with Gasteiger partial charge in [0.15, 0.2) is 5.82 Å². The molecule has 0 bridgehead atoms. The minimum absolute atomic E-state index is 0.0378. The van der Waals surface area contributed by atoms with Gasteiger partial charge in [-0.25, -0.2) is 33.2 Å². The van der Waals surface area contributed by atoms with Gasteiger partial charge in [-0.3, -0.25) is 14.2 Å². The van der Waals surface area contributed by atoms with E-state index in [-0.39, 0.29) is 41.7 Å². The summed E-state index contributed by atoms with van der Waals surface area (Å²) in [6.45, 7) is -0.644. The highest BCUT2D eigenvalue weighted by atomic mass is 19.4. The van der Waals surface area contributed by atoms with Crippen molar-refractivity contribution in [2.24, 2.45) is 0 Å². The van der Waals surface area contributed by atoms with Crippen molar-refractivity contribution in [2.75, 3.05) is 19.0 Å². The molecule has 3 aromatic heterocycles. The fourth-order valence-corrected chi connectivity index (χ4v) is 3.91. The minimum atomic E-state index is -5.05. The average molecular weight is 572 g/mol. The zero-order chi connectivity index (χ0) is 31.5. The lowest BCUT2D eigenvalue weighted by molar-refractivity contribution is -0.138. The van der Waals surface area contributed by atoms with E-state index in [1.165, 1.54) is 6.07 Å². The van der Waals surface area contributed by atoms with Gasteiger partial charge in [0.1, 0.15) is 11.4 Å². The Morgan fingerprint density at radius 3 is 2.58 bits per heavy atom. The number of benzene rings is 1. The molecule has 1 atom stereocenters. The second kappa shape index (κ2) is 11.8. The zero-order valence-electron chi connectivity index (χ0n) is 23.2. The van der Waals surface area contributed by atoms with E-state index in [1.807, 2.05) is 0 Å². The van der Waals surface area contributed by atoms with Crippen LogP contribution in [0.3, 0.4) is 0 Å². The number of hydrogen-bond acceptors (Lipinski definition) is 8. The summed E-state index contributed by atoms with van der Waals surface area (Å²) in [5, 5.41) is 7.38. The maximum Gasteiger partial charge on any atom is 0.423 e. The number of alkyl halides is 5. The summed E-state index contributed by atoms with van der Waals surface area (Å²) in [7, 11) is -2.86. The predicted octanol–water partition coefficient (Wildman–Crippen LogP) is 3.94. The number of aryl methyl sites for hydroxylation is 1. The van der Waals surface area contributed by atoms with E-state index >= 15 is 0 Å². The van der Waals surface area contributed by atoms with Crippen LogP contribution in [-0.4, -0.2) is 49.4 Å². The Bertz CT molecular complexity index is 1710. The lowest BCUT2D eigenvalue weighted by Crippen LogP contribution is -2.31. The Balaban J connectivity index is 1.53. The molecule has 0 saturated heterocycles. The molecular formula is C24H21F6N7O3. The van der Waals surface area contributed by atoms with Gasteiger partial charge < -0.3 is 10.1 Å². The number of hydrogen-bond donors (Lipinski definition) is 2. The molecule has 0 radical (unpaired) electrons. The molecule has 0 aliphatic carbocycles. The molecule has 10 nitrogen and oxygen atoms in total. The number of H-pyrrole nitrogens is 1. The monoisotopic (exact) mass is 572 g/mol. The van der Waals surface area contributed by atoms with Crippen LogP contribution in [0.25, 0.3) is 22.3 Å². The highest BCUT2D eigenvalue weighted by molar-refractivity contribution is 5.82. The van der Waals surface area contributed by atoms with Crippen LogP contribution < -0.4 is 16.4 Å². The lowest BCUT2D eigenvalue weighted by Gasteiger charge is -2.21. The van der Waals surface area contributed by atoms with E-state index in [1.54, 1.807) is 5.10 Å². The van der Waals surface area contributed by atoms with Crippen LogP contribution in [0.1, 0.15) is 34.5 Å². The maximum atomic E-state index is 14.9. The Morgan fingerprint density at radius 2 is 1.90 bits per heavy atom. The molecule has 0 amide bonds. The van der Waals surface area contributed by atoms with E-state index in [0.717, 1.165) is 35.6 Å². The third kappa shape index (κ3) is 6.27. The third-order valence-corrected chi connectivity index (χ3v) is 5.81. The fourth-order valence-electron chi connectivity index (χ4n) is 3.91.